The third kappa shape index (κ3) is 4.54. The maximum absolute atomic E-state index is 12.7. The van der Waals surface area contributed by atoms with Crippen LogP contribution in [0.5, 0.6) is 0 Å². The smallest absolute Gasteiger partial charge is 0.223 e. The fraction of sp³-hybridized carbons (Fsp3) is 0.556. The van der Waals surface area contributed by atoms with Crippen molar-refractivity contribution >= 4 is 28.2 Å². The minimum Gasteiger partial charge on any atom is -0.332 e. The van der Waals surface area contributed by atoms with Crippen LogP contribution >= 0.6 is 11.3 Å². The number of amides is 1. The van der Waals surface area contributed by atoms with Crippen LogP contribution in [-0.4, -0.2) is 32.3 Å². The molecule has 1 atom stereocenters. The minimum absolute atomic E-state index is 0.0308. The Bertz CT molecular complexity index is 716. The van der Waals surface area contributed by atoms with E-state index in [0.717, 1.165) is 48.3 Å². The second kappa shape index (κ2) is 7.91. The van der Waals surface area contributed by atoms with Crippen molar-refractivity contribution in [3.63, 3.8) is 0 Å². The number of anilines is 2. The van der Waals surface area contributed by atoms with Crippen LogP contribution in [0.4, 0.5) is 10.9 Å². The molecular formula is C18H25N5OS. The van der Waals surface area contributed by atoms with Gasteiger partial charge in [0.25, 0.3) is 0 Å². The van der Waals surface area contributed by atoms with E-state index in [4.69, 9.17) is 4.98 Å². The summed E-state index contributed by atoms with van der Waals surface area (Å²) in [5, 5.41) is 5.96. The van der Waals surface area contributed by atoms with Crippen LogP contribution < -0.4 is 5.32 Å². The molecule has 1 amide bonds. The van der Waals surface area contributed by atoms with Gasteiger partial charge in [0.1, 0.15) is 5.82 Å². The Morgan fingerprint density at radius 3 is 2.96 bits per heavy atom. The van der Waals surface area contributed by atoms with E-state index in [0.29, 0.717) is 12.3 Å². The average molecular weight is 359 g/mol. The van der Waals surface area contributed by atoms with Gasteiger partial charge >= 0.3 is 0 Å². The van der Waals surface area contributed by atoms with Crippen molar-refractivity contribution < 1.29 is 4.79 Å². The van der Waals surface area contributed by atoms with Gasteiger partial charge in [-0.05, 0) is 32.1 Å². The molecule has 1 saturated heterocycles. The van der Waals surface area contributed by atoms with Gasteiger partial charge in [-0.1, -0.05) is 13.8 Å². The molecule has 1 N–H and O–H groups in total. The molecule has 1 aliphatic rings. The van der Waals surface area contributed by atoms with E-state index in [1.165, 1.54) is 11.3 Å². The number of hydrogen-bond donors (Lipinski definition) is 1. The zero-order valence-corrected chi connectivity index (χ0v) is 15.8. The average Bonchev–Trinajstić information content (AvgIpc) is 3.06. The molecule has 2 aromatic heterocycles. The van der Waals surface area contributed by atoms with Crippen molar-refractivity contribution in [2.75, 3.05) is 11.9 Å². The maximum Gasteiger partial charge on any atom is 0.223 e. The van der Waals surface area contributed by atoms with Crippen LogP contribution in [0.3, 0.4) is 0 Å². The van der Waals surface area contributed by atoms with Crippen LogP contribution in [0.2, 0.25) is 0 Å². The first-order chi connectivity index (χ1) is 12.0. The quantitative estimate of drug-likeness (QED) is 0.871. The Hall–Kier alpha value is -2.02. The fourth-order valence-corrected chi connectivity index (χ4v) is 3.70. The van der Waals surface area contributed by atoms with E-state index < -0.39 is 0 Å². The molecule has 3 heterocycles. The molecule has 0 radical (unpaired) electrons. The second-order valence-electron chi connectivity index (χ2n) is 6.91. The van der Waals surface area contributed by atoms with Gasteiger partial charge < -0.3 is 10.2 Å². The van der Waals surface area contributed by atoms with Gasteiger partial charge in [0.05, 0.1) is 6.04 Å². The number of hydrogen-bond acceptors (Lipinski definition) is 6. The summed E-state index contributed by atoms with van der Waals surface area (Å²) in [6.07, 6.45) is 5.41. The molecule has 6 nitrogen and oxygen atoms in total. The molecule has 0 spiro atoms. The number of carbonyl (C=O) groups excluding carboxylic acids is 1. The van der Waals surface area contributed by atoms with E-state index in [2.05, 4.69) is 29.1 Å². The highest BCUT2D eigenvalue weighted by atomic mass is 32.1. The second-order valence-corrected chi connectivity index (χ2v) is 7.81. The zero-order chi connectivity index (χ0) is 17.8. The number of nitrogens with zero attached hydrogens (tertiary/aromatic N) is 4. The standard InChI is InChI=1S/C18H25N5OS/c1-12(2)10-16(24)23-8-5-4-6-14(23)17-20-13(3)11-15(21-17)22-18-19-7-9-25-18/h7,9,11-12,14H,4-6,8,10H2,1-3H3,(H,19,20,21,22). The van der Waals surface area contributed by atoms with Gasteiger partial charge in [-0.25, -0.2) is 15.0 Å². The molecule has 0 aliphatic carbocycles. The normalized spacial score (nSPS) is 17.8. The lowest BCUT2D eigenvalue weighted by Gasteiger charge is -2.35. The summed E-state index contributed by atoms with van der Waals surface area (Å²) >= 11 is 1.53. The number of thiazole rings is 1. The lowest BCUT2D eigenvalue weighted by atomic mass is 9.99. The number of aryl methyl sites for hydroxylation is 1. The largest absolute Gasteiger partial charge is 0.332 e. The summed E-state index contributed by atoms with van der Waals surface area (Å²) in [4.78, 5) is 28.2. The fourth-order valence-electron chi connectivity index (χ4n) is 3.16. The van der Waals surface area contributed by atoms with Crippen molar-refractivity contribution in [2.45, 2.75) is 52.5 Å². The first-order valence-electron chi connectivity index (χ1n) is 8.84. The van der Waals surface area contributed by atoms with Crippen LogP contribution in [0.25, 0.3) is 0 Å². The molecule has 1 fully saturated rings. The number of likely N-dealkylation sites (tertiary alicyclic amines) is 1. The Morgan fingerprint density at radius 2 is 2.24 bits per heavy atom. The van der Waals surface area contributed by atoms with Crippen LogP contribution in [0.1, 0.15) is 57.1 Å². The molecule has 0 aromatic carbocycles. The summed E-state index contributed by atoms with van der Waals surface area (Å²) in [5.74, 6) is 2.03. The molecule has 7 heteroatoms. The first kappa shape index (κ1) is 17.8. The highest BCUT2D eigenvalue weighted by molar-refractivity contribution is 7.13. The monoisotopic (exact) mass is 359 g/mol. The number of carbonyl (C=O) groups is 1. The summed E-state index contributed by atoms with van der Waals surface area (Å²) in [6, 6.07) is 1.88. The maximum atomic E-state index is 12.7. The number of piperidine rings is 1. The Kier molecular flexibility index (Phi) is 5.63. The third-order valence-corrected chi connectivity index (χ3v) is 4.93. The van der Waals surface area contributed by atoms with Crippen molar-refractivity contribution in [3.05, 3.63) is 29.2 Å². The van der Waals surface area contributed by atoms with Gasteiger partial charge in [0, 0.05) is 36.3 Å². The van der Waals surface area contributed by atoms with Gasteiger partial charge in [0.15, 0.2) is 11.0 Å². The molecular weight excluding hydrogens is 334 g/mol. The third-order valence-electron chi connectivity index (χ3n) is 4.24. The minimum atomic E-state index is -0.0308. The lowest BCUT2D eigenvalue weighted by Crippen LogP contribution is -2.39. The number of rotatable bonds is 5. The lowest BCUT2D eigenvalue weighted by molar-refractivity contribution is -0.136. The van der Waals surface area contributed by atoms with E-state index in [9.17, 15) is 4.79 Å². The Balaban J connectivity index is 1.85. The van der Waals surface area contributed by atoms with Gasteiger partial charge in [-0.2, -0.15) is 0 Å². The molecule has 3 rings (SSSR count). The molecule has 0 bridgehead atoms. The van der Waals surface area contributed by atoms with Crippen LogP contribution in [-0.2, 0) is 4.79 Å². The van der Waals surface area contributed by atoms with E-state index in [-0.39, 0.29) is 11.9 Å². The van der Waals surface area contributed by atoms with Crippen molar-refractivity contribution in [1.29, 1.82) is 0 Å². The highest BCUT2D eigenvalue weighted by Crippen LogP contribution is 2.31. The zero-order valence-electron chi connectivity index (χ0n) is 15.0. The Labute approximate surface area is 152 Å². The first-order valence-corrected chi connectivity index (χ1v) is 9.72. The molecule has 1 unspecified atom stereocenters. The summed E-state index contributed by atoms with van der Waals surface area (Å²) in [5.41, 5.74) is 0.894. The summed E-state index contributed by atoms with van der Waals surface area (Å²) in [6.45, 7) is 6.91. The SMILES string of the molecule is Cc1cc(Nc2nccs2)nc(C2CCCCN2C(=O)CC(C)C)n1. The highest BCUT2D eigenvalue weighted by Gasteiger charge is 2.30. The predicted octanol–water partition coefficient (Wildman–Crippen LogP) is 4.08. The summed E-state index contributed by atoms with van der Waals surface area (Å²) < 4.78 is 0. The van der Waals surface area contributed by atoms with Gasteiger partial charge in [0.2, 0.25) is 5.91 Å². The van der Waals surface area contributed by atoms with E-state index in [1.807, 2.05) is 23.3 Å². The molecule has 134 valence electrons. The van der Waals surface area contributed by atoms with Crippen molar-refractivity contribution in [3.8, 4) is 0 Å². The Morgan fingerprint density at radius 1 is 1.40 bits per heavy atom. The molecule has 1 aliphatic heterocycles. The van der Waals surface area contributed by atoms with Gasteiger partial charge in [-0.3, -0.25) is 4.79 Å². The van der Waals surface area contributed by atoms with Crippen molar-refractivity contribution in [2.24, 2.45) is 5.92 Å². The van der Waals surface area contributed by atoms with Gasteiger partial charge in [-0.15, -0.1) is 11.3 Å². The van der Waals surface area contributed by atoms with E-state index >= 15 is 0 Å². The molecule has 0 saturated carbocycles. The number of aromatic nitrogens is 3. The topological polar surface area (TPSA) is 71.0 Å². The predicted molar refractivity (Wildman–Crippen MR) is 99.9 cm³/mol. The van der Waals surface area contributed by atoms with Crippen molar-refractivity contribution in [1.82, 2.24) is 19.9 Å². The summed E-state index contributed by atoms with van der Waals surface area (Å²) in [7, 11) is 0. The van der Waals surface area contributed by atoms with E-state index in [1.54, 1.807) is 6.20 Å². The van der Waals surface area contributed by atoms with Crippen LogP contribution in [0, 0.1) is 12.8 Å². The number of nitrogens with one attached hydrogen (secondary N) is 1. The molecule has 2 aromatic rings. The van der Waals surface area contributed by atoms with Crippen LogP contribution in [0.15, 0.2) is 17.6 Å². The molecule has 25 heavy (non-hydrogen) atoms.